The third kappa shape index (κ3) is 2.97. The molecular formula is C12H14ClN3O. The number of halogens is 1. The Labute approximate surface area is 105 Å². The average Bonchev–Trinajstić information content (AvgIpc) is 2.84. The molecule has 17 heavy (non-hydrogen) atoms. The highest BCUT2D eigenvalue weighted by Gasteiger charge is 2.02. The second-order valence-corrected chi connectivity index (χ2v) is 3.90. The molecule has 1 aromatic heterocycles. The summed E-state index contributed by atoms with van der Waals surface area (Å²) in [5.41, 5.74) is 1.24. The zero-order valence-corrected chi connectivity index (χ0v) is 10.4. The van der Waals surface area contributed by atoms with Crippen molar-refractivity contribution in [1.29, 1.82) is 0 Å². The van der Waals surface area contributed by atoms with Gasteiger partial charge in [-0.15, -0.1) is 11.6 Å². The molecule has 2 rings (SSSR count). The van der Waals surface area contributed by atoms with E-state index in [9.17, 15) is 0 Å². The van der Waals surface area contributed by atoms with E-state index in [2.05, 4.69) is 22.2 Å². The van der Waals surface area contributed by atoms with E-state index in [0.717, 1.165) is 24.5 Å². The van der Waals surface area contributed by atoms with Gasteiger partial charge in [-0.2, -0.15) is 5.10 Å². The topological polar surface area (TPSA) is 39.9 Å². The quantitative estimate of drug-likeness (QED) is 0.766. The van der Waals surface area contributed by atoms with Gasteiger partial charge in [-0.1, -0.05) is 12.1 Å². The summed E-state index contributed by atoms with van der Waals surface area (Å²) in [4.78, 5) is 4.07. The van der Waals surface area contributed by atoms with Gasteiger partial charge in [0.15, 0.2) is 0 Å². The van der Waals surface area contributed by atoms with Crippen molar-refractivity contribution >= 4 is 11.6 Å². The SMILES string of the molecule is COc1ccc(CCn2ncnc2CCl)cc1. The number of aryl methyl sites for hydroxylation is 2. The summed E-state index contributed by atoms with van der Waals surface area (Å²) in [6, 6.07) is 8.02. The number of ether oxygens (including phenoxy) is 1. The number of aromatic nitrogens is 3. The van der Waals surface area contributed by atoms with Crippen LogP contribution in [0.5, 0.6) is 5.75 Å². The summed E-state index contributed by atoms with van der Waals surface area (Å²) >= 11 is 5.75. The third-order valence-corrected chi connectivity index (χ3v) is 2.83. The lowest BCUT2D eigenvalue weighted by Crippen LogP contribution is -2.06. The normalized spacial score (nSPS) is 10.5. The zero-order chi connectivity index (χ0) is 12.1. The molecule has 0 unspecified atom stereocenters. The van der Waals surface area contributed by atoms with Crippen molar-refractivity contribution in [1.82, 2.24) is 14.8 Å². The van der Waals surface area contributed by atoms with Gasteiger partial charge in [0.2, 0.25) is 0 Å². The minimum Gasteiger partial charge on any atom is -0.497 e. The summed E-state index contributed by atoms with van der Waals surface area (Å²) in [6.07, 6.45) is 2.43. The highest BCUT2D eigenvalue weighted by Crippen LogP contribution is 2.12. The van der Waals surface area contributed by atoms with Gasteiger partial charge in [-0.3, -0.25) is 0 Å². The van der Waals surface area contributed by atoms with Crippen molar-refractivity contribution in [2.45, 2.75) is 18.8 Å². The van der Waals surface area contributed by atoms with Crippen molar-refractivity contribution in [2.75, 3.05) is 7.11 Å². The third-order valence-electron chi connectivity index (χ3n) is 2.59. The molecule has 0 aliphatic heterocycles. The number of hydrogen-bond acceptors (Lipinski definition) is 3. The van der Waals surface area contributed by atoms with Crippen molar-refractivity contribution < 1.29 is 4.74 Å². The smallest absolute Gasteiger partial charge is 0.141 e. The predicted molar refractivity (Wildman–Crippen MR) is 66.3 cm³/mol. The highest BCUT2D eigenvalue weighted by molar-refractivity contribution is 6.16. The average molecular weight is 252 g/mol. The first-order valence-electron chi connectivity index (χ1n) is 5.39. The number of benzene rings is 1. The van der Waals surface area contributed by atoms with Crippen LogP contribution in [0, 0.1) is 0 Å². The summed E-state index contributed by atoms with van der Waals surface area (Å²) in [5.74, 6) is 2.07. The van der Waals surface area contributed by atoms with Crippen molar-refractivity contribution in [3.8, 4) is 5.75 Å². The van der Waals surface area contributed by atoms with Crippen LogP contribution in [0.25, 0.3) is 0 Å². The van der Waals surface area contributed by atoms with Gasteiger partial charge in [-0.25, -0.2) is 9.67 Å². The fourth-order valence-corrected chi connectivity index (χ4v) is 1.81. The molecule has 0 aliphatic carbocycles. The number of alkyl halides is 1. The molecule has 5 heteroatoms. The summed E-state index contributed by atoms with van der Waals surface area (Å²) in [5, 5.41) is 4.13. The van der Waals surface area contributed by atoms with Gasteiger partial charge in [0.1, 0.15) is 17.9 Å². The zero-order valence-electron chi connectivity index (χ0n) is 9.64. The van der Waals surface area contributed by atoms with Crippen LogP contribution in [0.3, 0.4) is 0 Å². The first kappa shape index (κ1) is 11.9. The molecule has 0 fully saturated rings. The molecule has 0 bridgehead atoms. The van der Waals surface area contributed by atoms with E-state index in [0.29, 0.717) is 5.88 Å². The fourth-order valence-electron chi connectivity index (χ4n) is 1.61. The minimum atomic E-state index is 0.391. The Balaban J connectivity index is 1.97. The van der Waals surface area contributed by atoms with Crippen molar-refractivity contribution in [2.24, 2.45) is 0 Å². The van der Waals surface area contributed by atoms with Crippen LogP contribution in [0.2, 0.25) is 0 Å². The van der Waals surface area contributed by atoms with E-state index < -0.39 is 0 Å². The first-order chi connectivity index (χ1) is 8.33. The van der Waals surface area contributed by atoms with Gasteiger partial charge in [0, 0.05) is 6.54 Å². The second kappa shape index (κ2) is 5.68. The van der Waals surface area contributed by atoms with Crippen LogP contribution >= 0.6 is 11.6 Å². The second-order valence-electron chi connectivity index (χ2n) is 3.63. The summed E-state index contributed by atoms with van der Waals surface area (Å²) < 4.78 is 6.94. The lowest BCUT2D eigenvalue weighted by atomic mass is 10.1. The largest absolute Gasteiger partial charge is 0.497 e. The fraction of sp³-hybridized carbons (Fsp3) is 0.333. The Bertz CT molecular complexity index is 467. The molecule has 0 N–H and O–H groups in total. The maximum absolute atomic E-state index is 5.75. The molecular weight excluding hydrogens is 238 g/mol. The standard InChI is InChI=1S/C12H14ClN3O/c1-17-11-4-2-10(3-5-11)6-7-16-12(8-13)14-9-15-16/h2-5,9H,6-8H2,1H3. The molecule has 0 aliphatic rings. The maximum atomic E-state index is 5.75. The Kier molecular flexibility index (Phi) is 3.98. The van der Waals surface area contributed by atoms with E-state index in [1.165, 1.54) is 11.9 Å². The van der Waals surface area contributed by atoms with Gasteiger partial charge < -0.3 is 4.74 Å². The molecule has 1 heterocycles. The van der Waals surface area contributed by atoms with Crippen molar-refractivity contribution in [3.05, 3.63) is 42.0 Å². The van der Waals surface area contributed by atoms with Gasteiger partial charge in [-0.05, 0) is 24.1 Å². The van der Waals surface area contributed by atoms with Crippen LogP contribution in [-0.2, 0) is 18.8 Å². The molecule has 2 aromatic rings. The van der Waals surface area contributed by atoms with Crippen LogP contribution in [0.1, 0.15) is 11.4 Å². The Hall–Kier alpha value is -1.55. The number of rotatable bonds is 5. The lowest BCUT2D eigenvalue weighted by Gasteiger charge is -2.05. The molecule has 90 valence electrons. The first-order valence-corrected chi connectivity index (χ1v) is 5.92. The maximum Gasteiger partial charge on any atom is 0.141 e. The van der Waals surface area contributed by atoms with Crippen molar-refractivity contribution in [3.63, 3.8) is 0 Å². The Morgan fingerprint density at radius 1 is 1.29 bits per heavy atom. The highest BCUT2D eigenvalue weighted by atomic mass is 35.5. The molecule has 1 aromatic carbocycles. The van der Waals surface area contributed by atoms with E-state index in [4.69, 9.17) is 16.3 Å². The molecule has 0 amide bonds. The number of hydrogen-bond donors (Lipinski definition) is 0. The van der Waals surface area contributed by atoms with E-state index in [1.54, 1.807) is 7.11 Å². The molecule has 0 spiro atoms. The van der Waals surface area contributed by atoms with Gasteiger partial charge >= 0.3 is 0 Å². The van der Waals surface area contributed by atoms with Gasteiger partial charge in [0.05, 0.1) is 13.0 Å². The Morgan fingerprint density at radius 3 is 2.71 bits per heavy atom. The van der Waals surface area contributed by atoms with Crippen LogP contribution in [0.4, 0.5) is 0 Å². The Morgan fingerprint density at radius 2 is 2.06 bits per heavy atom. The molecule has 0 radical (unpaired) electrons. The summed E-state index contributed by atoms with van der Waals surface area (Å²) in [7, 11) is 1.66. The molecule has 4 nitrogen and oxygen atoms in total. The monoisotopic (exact) mass is 251 g/mol. The molecule has 0 atom stereocenters. The number of nitrogens with zero attached hydrogens (tertiary/aromatic N) is 3. The predicted octanol–water partition coefficient (Wildman–Crippen LogP) is 2.27. The molecule has 0 saturated carbocycles. The van der Waals surface area contributed by atoms with Crippen LogP contribution < -0.4 is 4.74 Å². The van der Waals surface area contributed by atoms with E-state index in [1.807, 2.05) is 16.8 Å². The van der Waals surface area contributed by atoms with Crippen LogP contribution in [-0.4, -0.2) is 21.9 Å². The summed E-state index contributed by atoms with van der Waals surface area (Å²) in [6.45, 7) is 0.786. The minimum absolute atomic E-state index is 0.391. The lowest BCUT2D eigenvalue weighted by molar-refractivity contribution is 0.414. The van der Waals surface area contributed by atoms with E-state index in [-0.39, 0.29) is 0 Å². The van der Waals surface area contributed by atoms with Crippen LogP contribution in [0.15, 0.2) is 30.6 Å². The molecule has 0 saturated heterocycles. The number of methoxy groups -OCH3 is 1. The van der Waals surface area contributed by atoms with E-state index >= 15 is 0 Å². The van der Waals surface area contributed by atoms with Gasteiger partial charge in [0.25, 0.3) is 0 Å².